The van der Waals surface area contributed by atoms with Gasteiger partial charge in [-0.15, -0.1) is 0 Å². The summed E-state index contributed by atoms with van der Waals surface area (Å²) in [7, 11) is 0. The first-order chi connectivity index (χ1) is 17.9. The number of nitrogens with two attached hydrogens (primary N) is 2. The van der Waals surface area contributed by atoms with Crippen LogP contribution in [0.25, 0.3) is 22.3 Å². The third-order valence-corrected chi connectivity index (χ3v) is 5.56. The molecule has 0 aliphatic heterocycles. The highest BCUT2D eigenvalue weighted by atomic mass is 16.5. The van der Waals surface area contributed by atoms with E-state index < -0.39 is 17.4 Å². The van der Waals surface area contributed by atoms with E-state index in [1.165, 1.54) is 30.3 Å². The van der Waals surface area contributed by atoms with Crippen LogP contribution < -0.4 is 26.4 Å². The SMILES string of the molecule is Nc1ccc(C(=O)Oc2ccc3c(=O)c(OC(=O)c4ccc(N)cc4)c(-c4ccccc4)oc3c2)cc1. The number of hydrogen-bond donors (Lipinski definition) is 2. The number of carbonyl (C=O) groups is 2. The van der Waals surface area contributed by atoms with Gasteiger partial charge in [-0.05, 0) is 60.7 Å². The van der Waals surface area contributed by atoms with Crippen LogP contribution in [0.2, 0.25) is 0 Å². The Morgan fingerprint density at radius 3 is 1.84 bits per heavy atom. The predicted molar refractivity (Wildman–Crippen MR) is 140 cm³/mol. The Morgan fingerprint density at radius 2 is 1.24 bits per heavy atom. The number of carbonyl (C=O) groups excluding carboxylic acids is 2. The second-order valence-corrected chi connectivity index (χ2v) is 8.14. The first kappa shape index (κ1) is 23.4. The van der Waals surface area contributed by atoms with E-state index in [4.69, 9.17) is 25.4 Å². The van der Waals surface area contributed by atoms with Gasteiger partial charge in [0.05, 0.1) is 16.5 Å². The topological polar surface area (TPSA) is 135 Å². The lowest BCUT2D eigenvalue weighted by Gasteiger charge is -2.12. The summed E-state index contributed by atoms with van der Waals surface area (Å²) in [5.74, 6) is -1.36. The Morgan fingerprint density at radius 1 is 0.676 bits per heavy atom. The molecule has 0 atom stereocenters. The first-order valence-corrected chi connectivity index (χ1v) is 11.2. The molecule has 8 nitrogen and oxygen atoms in total. The lowest BCUT2D eigenvalue weighted by molar-refractivity contribution is 0.0722. The fraction of sp³-hybridized carbons (Fsp3) is 0. The van der Waals surface area contributed by atoms with Gasteiger partial charge in [0, 0.05) is 23.0 Å². The molecule has 5 aromatic rings. The number of ether oxygens (including phenoxy) is 2. The zero-order valence-corrected chi connectivity index (χ0v) is 19.3. The molecule has 0 fully saturated rings. The summed E-state index contributed by atoms with van der Waals surface area (Å²) >= 11 is 0. The van der Waals surface area contributed by atoms with Crippen molar-refractivity contribution >= 4 is 34.3 Å². The van der Waals surface area contributed by atoms with Crippen LogP contribution in [0.5, 0.6) is 11.5 Å². The normalized spacial score (nSPS) is 10.7. The molecule has 8 heteroatoms. The summed E-state index contributed by atoms with van der Waals surface area (Å²) in [5, 5.41) is 0.145. The molecular weight excluding hydrogens is 472 g/mol. The Hall–Kier alpha value is -5.37. The molecule has 0 amide bonds. The average molecular weight is 492 g/mol. The molecule has 182 valence electrons. The fourth-order valence-electron chi connectivity index (χ4n) is 3.65. The Labute approximate surface area is 210 Å². The molecule has 0 radical (unpaired) electrons. The van der Waals surface area contributed by atoms with Crippen molar-refractivity contribution in [1.29, 1.82) is 0 Å². The smallest absolute Gasteiger partial charge is 0.343 e. The summed E-state index contributed by atoms with van der Waals surface area (Å²) in [6.07, 6.45) is 0. The summed E-state index contributed by atoms with van der Waals surface area (Å²) in [6.45, 7) is 0. The Kier molecular flexibility index (Phi) is 6.13. The van der Waals surface area contributed by atoms with Crippen LogP contribution in [0.1, 0.15) is 20.7 Å². The summed E-state index contributed by atoms with van der Waals surface area (Å²) in [4.78, 5) is 38.8. The minimum Gasteiger partial charge on any atom is -0.452 e. The Balaban J connectivity index is 1.55. The standard InChI is InChI=1S/C29H20N2O6/c30-20-10-6-18(7-11-20)28(33)35-22-14-15-23-24(16-22)36-26(17-4-2-1-3-5-17)27(25(23)32)37-29(34)19-8-12-21(31)13-9-19/h1-16H,30-31H2. The van der Waals surface area contributed by atoms with Crippen molar-refractivity contribution in [3.05, 3.63) is 118 Å². The van der Waals surface area contributed by atoms with Crippen LogP contribution in [0.3, 0.4) is 0 Å². The summed E-state index contributed by atoms with van der Waals surface area (Å²) < 4.78 is 17.1. The molecule has 37 heavy (non-hydrogen) atoms. The molecule has 0 saturated carbocycles. The van der Waals surface area contributed by atoms with Crippen LogP contribution in [0.4, 0.5) is 11.4 Å². The van der Waals surface area contributed by atoms with Crippen LogP contribution in [-0.4, -0.2) is 11.9 Å². The number of fused-ring (bicyclic) bond motifs is 1. The molecule has 4 N–H and O–H groups in total. The van der Waals surface area contributed by atoms with Crippen molar-refractivity contribution in [1.82, 2.24) is 0 Å². The maximum atomic E-state index is 13.5. The van der Waals surface area contributed by atoms with E-state index in [1.807, 2.05) is 0 Å². The second kappa shape index (κ2) is 9.71. The van der Waals surface area contributed by atoms with Crippen molar-refractivity contribution < 1.29 is 23.5 Å². The molecule has 0 aliphatic carbocycles. The van der Waals surface area contributed by atoms with Gasteiger partial charge in [-0.3, -0.25) is 4.79 Å². The lowest BCUT2D eigenvalue weighted by atomic mass is 10.1. The van der Waals surface area contributed by atoms with E-state index in [9.17, 15) is 14.4 Å². The van der Waals surface area contributed by atoms with Gasteiger partial charge in [-0.2, -0.15) is 0 Å². The van der Waals surface area contributed by atoms with E-state index >= 15 is 0 Å². The highest BCUT2D eigenvalue weighted by molar-refractivity contribution is 5.94. The zero-order chi connectivity index (χ0) is 25.9. The second-order valence-electron chi connectivity index (χ2n) is 8.14. The van der Waals surface area contributed by atoms with E-state index in [-0.39, 0.29) is 33.8 Å². The summed E-state index contributed by atoms with van der Waals surface area (Å²) in [6, 6.07) is 25.5. The van der Waals surface area contributed by atoms with Gasteiger partial charge >= 0.3 is 11.9 Å². The van der Waals surface area contributed by atoms with Crippen molar-refractivity contribution in [2.24, 2.45) is 0 Å². The van der Waals surface area contributed by atoms with Crippen molar-refractivity contribution in [2.75, 3.05) is 11.5 Å². The number of anilines is 2. The van der Waals surface area contributed by atoms with E-state index in [2.05, 4.69) is 0 Å². The van der Waals surface area contributed by atoms with Gasteiger partial charge in [0.15, 0.2) is 5.76 Å². The van der Waals surface area contributed by atoms with Crippen LogP contribution in [0, 0.1) is 0 Å². The van der Waals surface area contributed by atoms with Crippen molar-refractivity contribution in [3.8, 4) is 22.8 Å². The quantitative estimate of drug-likeness (QED) is 0.197. The molecule has 0 spiro atoms. The van der Waals surface area contributed by atoms with E-state index in [0.29, 0.717) is 22.5 Å². The largest absolute Gasteiger partial charge is 0.452 e. The highest BCUT2D eigenvalue weighted by Crippen LogP contribution is 2.32. The van der Waals surface area contributed by atoms with Crippen LogP contribution in [-0.2, 0) is 0 Å². The molecule has 1 heterocycles. The molecule has 4 aromatic carbocycles. The molecular formula is C29H20N2O6. The van der Waals surface area contributed by atoms with E-state index in [0.717, 1.165) is 0 Å². The van der Waals surface area contributed by atoms with Crippen LogP contribution in [0.15, 0.2) is 106 Å². The number of esters is 2. The number of benzene rings is 4. The fourth-order valence-corrected chi connectivity index (χ4v) is 3.65. The number of hydrogen-bond acceptors (Lipinski definition) is 8. The van der Waals surface area contributed by atoms with Gasteiger partial charge in [0.1, 0.15) is 11.3 Å². The number of nitrogen functional groups attached to an aromatic ring is 2. The molecule has 0 unspecified atom stereocenters. The zero-order valence-electron chi connectivity index (χ0n) is 19.3. The van der Waals surface area contributed by atoms with Gasteiger partial charge < -0.3 is 25.4 Å². The van der Waals surface area contributed by atoms with Gasteiger partial charge in [0.2, 0.25) is 11.2 Å². The molecule has 1 aromatic heterocycles. The van der Waals surface area contributed by atoms with Gasteiger partial charge in [-0.25, -0.2) is 9.59 Å². The van der Waals surface area contributed by atoms with Crippen molar-refractivity contribution in [2.45, 2.75) is 0 Å². The average Bonchev–Trinajstić information content (AvgIpc) is 2.91. The molecule has 0 aliphatic rings. The molecule has 5 rings (SSSR count). The first-order valence-electron chi connectivity index (χ1n) is 11.2. The summed E-state index contributed by atoms with van der Waals surface area (Å²) in [5.41, 5.74) is 13.0. The minimum atomic E-state index is -0.738. The van der Waals surface area contributed by atoms with Crippen molar-refractivity contribution in [3.63, 3.8) is 0 Å². The number of rotatable bonds is 5. The highest BCUT2D eigenvalue weighted by Gasteiger charge is 2.22. The maximum absolute atomic E-state index is 13.5. The monoisotopic (exact) mass is 492 g/mol. The lowest BCUT2D eigenvalue weighted by Crippen LogP contribution is -2.16. The van der Waals surface area contributed by atoms with Crippen LogP contribution >= 0.6 is 0 Å². The van der Waals surface area contributed by atoms with Gasteiger partial charge in [0.25, 0.3) is 0 Å². The minimum absolute atomic E-state index is 0.0592. The predicted octanol–water partition coefficient (Wildman–Crippen LogP) is 5.06. The third kappa shape index (κ3) is 4.89. The molecule has 0 bridgehead atoms. The maximum Gasteiger partial charge on any atom is 0.343 e. The van der Waals surface area contributed by atoms with E-state index in [1.54, 1.807) is 66.7 Å². The molecule has 0 saturated heterocycles. The third-order valence-electron chi connectivity index (χ3n) is 5.56. The van der Waals surface area contributed by atoms with Gasteiger partial charge in [-0.1, -0.05) is 30.3 Å². The Bertz CT molecular complexity index is 1680.